The fourth-order valence-electron chi connectivity index (χ4n) is 1.24. The zero-order valence-electron chi connectivity index (χ0n) is 9.81. The number of phenolic OH excluding ortho intramolecular Hbond substituents is 1. The van der Waals surface area contributed by atoms with Gasteiger partial charge in [-0.2, -0.15) is 0 Å². The van der Waals surface area contributed by atoms with Crippen LogP contribution in [0.2, 0.25) is 0 Å². The Labute approximate surface area is 108 Å². The molecule has 0 aliphatic heterocycles. The molecule has 98 valence electrons. The van der Waals surface area contributed by atoms with Crippen LogP contribution < -0.4 is 0 Å². The second-order valence-electron chi connectivity index (χ2n) is 3.38. The van der Waals surface area contributed by atoms with E-state index in [1.807, 2.05) is 0 Å². The maximum Gasteiger partial charge on any atom is 0.315 e. The molecule has 0 unspecified atom stereocenters. The number of rotatable bonds is 6. The highest BCUT2D eigenvalue weighted by atomic mass is 32.2. The molecule has 0 heterocycles. The Hall–Kier alpha value is -1.56. The van der Waals surface area contributed by atoms with Crippen molar-refractivity contribution in [2.45, 2.75) is 6.92 Å². The SMILES string of the molecule is CCOC(=O)CSCC(=O)c1cc(F)ccc1O. The lowest BCUT2D eigenvalue weighted by Gasteiger charge is -2.04. The van der Waals surface area contributed by atoms with Crippen molar-refractivity contribution in [3.05, 3.63) is 29.6 Å². The first kappa shape index (κ1) is 14.5. The third kappa shape index (κ3) is 4.37. The van der Waals surface area contributed by atoms with Gasteiger partial charge in [-0.3, -0.25) is 9.59 Å². The Morgan fingerprint density at radius 2 is 2.11 bits per heavy atom. The normalized spacial score (nSPS) is 10.1. The van der Waals surface area contributed by atoms with Gasteiger partial charge in [0.15, 0.2) is 5.78 Å². The summed E-state index contributed by atoms with van der Waals surface area (Å²) in [5.41, 5.74) is -0.0774. The molecule has 0 aliphatic carbocycles. The molecule has 18 heavy (non-hydrogen) atoms. The molecular weight excluding hydrogens is 259 g/mol. The summed E-state index contributed by atoms with van der Waals surface area (Å²) in [6.45, 7) is 1.98. The molecule has 1 rings (SSSR count). The van der Waals surface area contributed by atoms with E-state index < -0.39 is 17.6 Å². The van der Waals surface area contributed by atoms with Gasteiger partial charge in [0, 0.05) is 0 Å². The quantitative estimate of drug-likeness (QED) is 0.634. The highest BCUT2D eigenvalue weighted by molar-refractivity contribution is 8.00. The van der Waals surface area contributed by atoms with Gasteiger partial charge in [0.1, 0.15) is 11.6 Å². The van der Waals surface area contributed by atoms with E-state index in [1.54, 1.807) is 6.92 Å². The van der Waals surface area contributed by atoms with Gasteiger partial charge in [0.05, 0.1) is 23.7 Å². The van der Waals surface area contributed by atoms with Crippen molar-refractivity contribution >= 4 is 23.5 Å². The first-order valence-corrected chi connectivity index (χ1v) is 6.45. The van der Waals surface area contributed by atoms with Gasteiger partial charge in [-0.15, -0.1) is 11.8 Å². The Bertz CT molecular complexity index is 448. The average Bonchev–Trinajstić information content (AvgIpc) is 2.32. The van der Waals surface area contributed by atoms with E-state index in [-0.39, 0.29) is 29.4 Å². The van der Waals surface area contributed by atoms with E-state index in [1.165, 1.54) is 0 Å². The number of ketones is 1. The van der Waals surface area contributed by atoms with Crippen LogP contribution in [0.3, 0.4) is 0 Å². The van der Waals surface area contributed by atoms with Gasteiger partial charge in [-0.25, -0.2) is 4.39 Å². The number of ether oxygens (including phenoxy) is 1. The molecule has 0 saturated carbocycles. The highest BCUT2D eigenvalue weighted by Gasteiger charge is 2.13. The van der Waals surface area contributed by atoms with E-state index in [9.17, 15) is 19.1 Å². The molecule has 0 aromatic heterocycles. The van der Waals surface area contributed by atoms with Crippen LogP contribution >= 0.6 is 11.8 Å². The Kier molecular flexibility index (Phi) is 5.64. The monoisotopic (exact) mass is 272 g/mol. The molecule has 0 amide bonds. The van der Waals surface area contributed by atoms with Crippen molar-refractivity contribution in [1.82, 2.24) is 0 Å². The first-order chi connectivity index (χ1) is 8.54. The number of aromatic hydroxyl groups is 1. The molecule has 6 heteroatoms. The van der Waals surface area contributed by atoms with Gasteiger partial charge >= 0.3 is 5.97 Å². The Balaban J connectivity index is 2.50. The number of Topliss-reactive ketones (excluding diaryl/α,β-unsaturated/α-hetero) is 1. The summed E-state index contributed by atoms with van der Waals surface area (Å²) in [4.78, 5) is 22.7. The number of carbonyl (C=O) groups is 2. The van der Waals surface area contributed by atoms with Crippen molar-refractivity contribution in [2.75, 3.05) is 18.1 Å². The van der Waals surface area contributed by atoms with Crippen LogP contribution in [0.1, 0.15) is 17.3 Å². The third-order valence-corrected chi connectivity index (χ3v) is 2.92. The van der Waals surface area contributed by atoms with Crippen LogP contribution in [-0.2, 0) is 9.53 Å². The molecule has 0 spiro atoms. The number of thioether (sulfide) groups is 1. The smallest absolute Gasteiger partial charge is 0.315 e. The number of benzene rings is 1. The molecule has 0 atom stereocenters. The van der Waals surface area contributed by atoms with Gasteiger partial charge < -0.3 is 9.84 Å². The van der Waals surface area contributed by atoms with Crippen LogP contribution in [0.5, 0.6) is 5.75 Å². The number of hydrogen-bond acceptors (Lipinski definition) is 5. The molecule has 4 nitrogen and oxygen atoms in total. The van der Waals surface area contributed by atoms with Gasteiger partial charge in [0.25, 0.3) is 0 Å². The summed E-state index contributed by atoms with van der Waals surface area (Å²) in [7, 11) is 0. The van der Waals surface area contributed by atoms with Crippen LogP contribution in [-0.4, -0.2) is 35.0 Å². The molecular formula is C12H13FO4S. The van der Waals surface area contributed by atoms with Gasteiger partial charge in [-0.1, -0.05) is 0 Å². The summed E-state index contributed by atoms with van der Waals surface area (Å²) in [6, 6.07) is 3.17. The van der Waals surface area contributed by atoms with Crippen LogP contribution in [0.15, 0.2) is 18.2 Å². The van der Waals surface area contributed by atoms with Gasteiger partial charge in [0.2, 0.25) is 0 Å². The molecule has 1 N–H and O–H groups in total. The van der Waals surface area contributed by atoms with E-state index >= 15 is 0 Å². The van der Waals surface area contributed by atoms with Crippen molar-refractivity contribution in [1.29, 1.82) is 0 Å². The lowest BCUT2D eigenvalue weighted by molar-refractivity contribution is -0.139. The topological polar surface area (TPSA) is 63.6 Å². The Morgan fingerprint density at radius 1 is 1.39 bits per heavy atom. The maximum absolute atomic E-state index is 12.9. The predicted molar refractivity (Wildman–Crippen MR) is 66.4 cm³/mol. The summed E-state index contributed by atoms with van der Waals surface area (Å²) in [5.74, 6) is -1.66. The van der Waals surface area contributed by atoms with E-state index in [0.29, 0.717) is 0 Å². The number of halogens is 1. The van der Waals surface area contributed by atoms with Crippen molar-refractivity contribution in [2.24, 2.45) is 0 Å². The minimum atomic E-state index is -0.591. The summed E-state index contributed by atoms with van der Waals surface area (Å²) in [5, 5.41) is 9.41. The molecule has 0 saturated heterocycles. The minimum Gasteiger partial charge on any atom is -0.507 e. The molecule has 1 aromatic rings. The Morgan fingerprint density at radius 3 is 2.78 bits per heavy atom. The van der Waals surface area contributed by atoms with Crippen molar-refractivity contribution < 1.29 is 23.8 Å². The van der Waals surface area contributed by atoms with Gasteiger partial charge in [-0.05, 0) is 25.1 Å². The molecule has 1 aromatic carbocycles. The van der Waals surface area contributed by atoms with Crippen LogP contribution in [0, 0.1) is 5.82 Å². The molecule has 0 bridgehead atoms. The number of phenols is 1. The summed E-state index contributed by atoms with van der Waals surface area (Å²) < 4.78 is 17.6. The van der Waals surface area contributed by atoms with Crippen molar-refractivity contribution in [3.8, 4) is 5.75 Å². The van der Waals surface area contributed by atoms with Crippen LogP contribution in [0.25, 0.3) is 0 Å². The second kappa shape index (κ2) is 7.00. The molecule has 0 fully saturated rings. The molecule has 0 radical (unpaired) electrons. The summed E-state index contributed by atoms with van der Waals surface area (Å²) >= 11 is 1.06. The lowest BCUT2D eigenvalue weighted by atomic mass is 10.1. The number of esters is 1. The molecule has 0 aliphatic rings. The standard InChI is InChI=1S/C12H13FO4S/c1-2-17-12(16)7-18-6-11(15)9-5-8(13)3-4-10(9)14/h3-5,14H,2,6-7H2,1H3. The zero-order valence-corrected chi connectivity index (χ0v) is 10.6. The summed E-state index contributed by atoms with van der Waals surface area (Å²) in [6.07, 6.45) is 0. The van der Waals surface area contributed by atoms with E-state index in [0.717, 1.165) is 30.0 Å². The van der Waals surface area contributed by atoms with E-state index in [4.69, 9.17) is 4.74 Å². The maximum atomic E-state index is 12.9. The largest absolute Gasteiger partial charge is 0.507 e. The third-order valence-electron chi connectivity index (χ3n) is 2.02. The number of carbonyl (C=O) groups excluding carboxylic acids is 2. The van der Waals surface area contributed by atoms with Crippen LogP contribution in [0.4, 0.5) is 4.39 Å². The first-order valence-electron chi connectivity index (χ1n) is 5.29. The fourth-order valence-corrected chi connectivity index (χ4v) is 1.93. The fraction of sp³-hybridized carbons (Fsp3) is 0.333. The van der Waals surface area contributed by atoms with Crippen molar-refractivity contribution in [3.63, 3.8) is 0 Å². The highest BCUT2D eigenvalue weighted by Crippen LogP contribution is 2.20. The predicted octanol–water partition coefficient (Wildman–Crippen LogP) is 2.01. The average molecular weight is 272 g/mol. The number of hydrogen-bond donors (Lipinski definition) is 1. The van der Waals surface area contributed by atoms with E-state index in [2.05, 4.69) is 0 Å². The second-order valence-corrected chi connectivity index (χ2v) is 4.37. The lowest BCUT2D eigenvalue weighted by Crippen LogP contribution is -2.10. The minimum absolute atomic E-state index is 0.0180. The zero-order chi connectivity index (χ0) is 13.5.